The van der Waals surface area contributed by atoms with Crippen LogP contribution in [0.4, 0.5) is 13.2 Å². The van der Waals surface area contributed by atoms with Crippen LogP contribution in [0.15, 0.2) is 24.3 Å². The molecule has 6 rings (SSSR count). The number of hydrogen-bond donors (Lipinski definition) is 1. The first kappa shape index (κ1) is 29.6. The third-order valence-electron chi connectivity index (χ3n) is 13.0. The Morgan fingerprint density at radius 2 is 1.63 bits per heavy atom. The fourth-order valence-electron chi connectivity index (χ4n) is 10.5. The van der Waals surface area contributed by atoms with Crippen molar-refractivity contribution in [3.8, 4) is 0 Å². The molecule has 1 aromatic rings. The number of rotatable bonds is 4. The first-order valence-corrected chi connectivity index (χ1v) is 16.1. The number of aliphatic hydroxyl groups is 1. The summed E-state index contributed by atoms with van der Waals surface area (Å²) in [6, 6.07) is 6.19. The fourth-order valence-corrected chi connectivity index (χ4v) is 10.5. The highest BCUT2D eigenvalue weighted by Crippen LogP contribution is 2.66. The van der Waals surface area contributed by atoms with Gasteiger partial charge in [0.25, 0.3) is 0 Å². The smallest absolute Gasteiger partial charge is 0.389 e. The van der Waals surface area contributed by atoms with Crippen molar-refractivity contribution in [3.05, 3.63) is 35.4 Å². The molecule has 4 saturated carbocycles. The van der Waals surface area contributed by atoms with Crippen molar-refractivity contribution in [2.75, 3.05) is 19.6 Å². The predicted octanol–water partition coefficient (Wildman–Crippen LogP) is 6.94. The quantitative estimate of drug-likeness (QED) is 0.423. The van der Waals surface area contributed by atoms with Crippen LogP contribution in [0.25, 0.3) is 0 Å². The Labute approximate surface area is 244 Å². The van der Waals surface area contributed by atoms with Gasteiger partial charge in [0.2, 0.25) is 0 Å². The van der Waals surface area contributed by atoms with Crippen LogP contribution >= 0.6 is 0 Å². The van der Waals surface area contributed by atoms with E-state index in [9.17, 15) is 23.1 Å². The van der Waals surface area contributed by atoms with E-state index in [0.717, 1.165) is 57.9 Å². The van der Waals surface area contributed by atoms with Gasteiger partial charge in [-0.1, -0.05) is 32.0 Å². The maximum Gasteiger partial charge on any atom is 0.416 e. The Morgan fingerprint density at radius 1 is 0.927 bits per heavy atom. The molecule has 9 atom stereocenters. The van der Waals surface area contributed by atoms with Gasteiger partial charge in [-0.25, -0.2) is 0 Å². The zero-order valence-corrected chi connectivity index (χ0v) is 25.3. The van der Waals surface area contributed by atoms with Gasteiger partial charge < -0.3 is 5.11 Å². The number of benzene rings is 1. The van der Waals surface area contributed by atoms with E-state index in [-0.39, 0.29) is 29.5 Å². The van der Waals surface area contributed by atoms with Crippen molar-refractivity contribution in [3.63, 3.8) is 0 Å². The van der Waals surface area contributed by atoms with Gasteiger partial charge >= 0.3 is 6.18 Å². The second kappa shape index (κ2) is 10.3. The molecule has 1 aromatic carbocycles. The number of Topliss-reactive ketones (excluding diaryl/α,β-unsaturated/α-hetero) is 1. The molecule has 0 spiro atoms. The minimum Gasteiger partial charge on any atom is -0.389 e. The molecule has 0 unspecified atom stereocenters. The van der Waals surface area contributed by atoms with Crippen molar-refractivity contribution in [2.45, 2.75) is 116 Å². The van der Waals surface area contributed by atoms with E-state index in [0.29, 0.717) is 48.1 Å². The molecule has 1 aliphatic heterocycles. The van der Waals surface area contributed by atoms with Gasteiger partial charge in [0.1, 0.15) is 5.78 Å². The van der Waals surface area contributed by atoms with E-state index in [1.54, 1.807) is 12.1 Å². The van der Waals surface area contributed by atoms with Crippen LogP contribution in [0.3, 0.4) is 0 Å². The lowest BCUT2D eigenvalue weighted by atomic mass is 9.44. The Balaban J connectivity index is 1.10. The molecule has 5 aliphatic rings. The second-order valence-electron chi connectivity index (χ2n) is 15.2. The van der Waals surface area contributed by atoms with E-state index in [2.05, 4.69) is 37.5 Å². The lowest BCUT2D eigenvalue weighted by Crippen LogP contribution is -2.62. The summed E-state index contributed by atoms with van der Waals surface area (Å²) in [7, 11) is 0. The predicted molar refractivity (Wildman–Crippen MR) is 154 cm³/mol. The zero-order chi connectivity index (χ0) is 29.4. The van der Waals surface area contributed by atoms with E-state index in [1.807, 2.05) is 0 Å². The lowest BCUT2D eigenvalue weighted by Gasteiger charge is -2.61. The number of alkyl halides is 3. The molecular weight excluding hydrogens is 525 g/mol. The topological polar surface area (TPSA) is 43.8 Å². The normalized spacial score (nSPS) is 43.9. The SMILES string of the molecule is C[C@@H]1CN(Cc2ccccc2C(F)(F)F)[C@@H](C)CN1C[C@@]1(O)CC[C@@]2(C)[C@@H](CC[C@@H]3[C@@H]2CC[C@]2(C)C(=O)CC[C@@H]32)C1. The average molecular weight is 575 g/mol. The van der Waals surface area contributed by atoms with Crippen LogP contribution in [0.5, 0.6) is 0 Å². The first-order chi connectivity index (χ1) is 19.2. The largest absolute Gasteiger partial charge is 0.416 e. The summed E-state index contributed by atoms with van der Waals surface area (Å²) < 4.78 is 40.8. The van der Waals surface area contributed by atoms with Gasteiger partial charge in [0.05, 0.1) is 11.2 Å². The summed E-state index contributed by atoms with van der Waals surface area (Å²) in [6.07, 6.45) is 4.73. The molecule has 0 bridgehead atoms. The van der Waals surface area contributed by atoms with Gasteiger partial charge in [0, 0.05) is 50.1 Å². The summed E-state index contributed by atoms with van der Waals surface area (Å²) in [5.74, 6) is 2.88. The second-order valence-corrected chi connectivity index (χ2v) is 15.2. The molecule has 1 saturated heterocycles. The summed E-state index contributed by atoms with van der Waals surface area (Å²) in [5.41, 5.74) is -0.783. The van der Waals surface area contributed by atoms with Crippen molar-refractivity contribution in [2.24, 2.45) is 34.5 Å². The highest BCUT2D eigenvalue weighted by molar-refractivity contribution is 5.87. The Morgan fingerprint density at radius 3 is 2.39 bits per heavy atom. The zero-order valence-electron chi connectivity index (χ0n) is 25.3. The van der Waals surface area contributed by atoms with E-state index >= 15 is 0 Å². The molecule has 1 heterocycles. The van der Waals surface area contributed by atoms with Crippen molar-refractivity contribution in [1.82, 2.24) is 9.80 Å². The van der Waals surface area contributed by atoms with Crippen LogP contribution < -0.4 is 0 Å². The minimum absolute atomic E-state index is 0.0937. The molecule has 7 heteroatoms. The Kier molecular flexibility index (Phi) is 7.47. The average Bonchev–Trinajstić information content (AvgIpc) is 3.21. The molecule has 4 nitrogen and oxygen atoms in total. The maximum absolute atomic E-state index is 13.6. The molecule has 0 aromatic heterocycles. The molecular formula is C34H49F3N2O2. The van der Waals surface area contributed by atoms with Crippen LogP contribution in [0, 0.1) is 34.5 Å². The third kappa shape index (κ3) is 5.10. The fraction of sp³-hybridized carbons (Fsp3) is 0.794. The molecule has 1 N–H and O–H groups in total. The van der Waals surface area contributed by atoms with E-state index in [4.69, 9.17) is 0 Å². The highest BCUT2D eigenvalue weighted by atomic mass is 19.4. The van der Waals surface area contributed by atoms with Gasteiger partial charge in [-0.05, 0) is 106 Å². The van der Waals surface area contributed by atoms with Crippen LogP contribution in [-0.2, 0) is 17.5 Å². The Bertz CT molecular complexity index is 1160. The third-order valence-corrected chi connectivity index (χ3v) is 13.0. The maximum atomic E-state index is 13.6. The van der Waals surface area contributed by atoms with Crippen LogP contribution in [0.1, 0.15) is 96.6 Å². The highest BCUT2D eigenvalue weighted by Gasteiger charge is 2.61. The van der Waals surface area contributed by atoms with Gasteiger partial charge in [-0.2, -0.15) is 13.2 Å². The molecule has 41 heavy (non-hydrogen) atoms. The number of β-amino-alcohol motifs (C(OH)–C–C–N with tert-alkyl or cyclic N) is 1. The van der Waals surface area contributed by atoms with Gasteiger partial charge in [-0.3, -0.25) is 14.6 Å². The monoisotopic (exact) mass is 574 g/mol. The number of carbonyl (C=O) groups is 1. The van der Waals surface area contributed by atoms with Gasteiger partial charge in [0.15, 0.2) is 0 Å². The minimum atomic E-state index is -4.35. The molecule has 4 aliphatic carbocycles. The van der Waals surface area contributed by atoms with E-state index < -0.39 is 17.3 Å². The number of fused-ring (bicyclic) bond motifs is 5. The van der Waals surface area contributed by atoms with Crippen LogP contribution in [-0.4, -0.2) is 58.0 Å². The van der Waals surface area contributed by atoms with Gasteiger partial charge in [-0.15, -0.1) is 0 Å². The van der Waals surface area contributed by atoms with Crippen molar-refractivity contribution >= 4 is 5.78 Å². The summed E-state index contributed by atoms with van der Waals surface area (Å²) in [4.78, 5) is 17.3. The molecule has 5 fully saturated rings. The number of ketones is 1. The molecule has 228 valence electrons. The van der Waals surface area contributed by atoms with Crippen LogP contribution in [0.2, 0.25) is 0 Å². The lowest BCUT2D eigenvalue weighted by molar-refractivity contribution is -0.160. The number of carbonyl (C=O) groups excluding carboxylic acids is 1. The molecule has 0 amide bonds. The first-order valence-electron chi connectivity index (χ1n) is 16.1. The Hall–Kier alpha value is -1.44. The summed E-state index contributed by atoms with van der Waals surface area (Å²) >= 11 is 0. The number of piperazine rings is 1. The molecule has 0 radical (unpaired) electrons. The van der Waals surface area contributed by atoms with Crippen molar-refractivity contribution in [1.29, 1.82) is 0 Å². The van der Waals surface area contributed by atoms with Crippen molar-refractivity contribution < 1.29 is 23.1 Å². The number of hydrogen-bond acceptors (Lipinski definition) is 4. The summed E-state index contributed by atoms with van der Waals surface area (Å²) in [6.45, 7) is 11.4. The van der Waals surface area contributed by atoms with E-state index in [1.165, 1.54) is 18.6 Å². The number of nitrogens with zero attached hydrogens (tertiary/aromatic N) is 2. The number of halogens is 3. The summed E-state index contributed by atoms with van der Waals surface area (Å²) in [5, 5.41) is 12.0. The standard InChI is InChI=1S/C34H49F3N2O2/c1-22-19-39(23(2)18-38(22)20-24-7-5-6-8-27(24)34(35,36)37)21-33(41)16-15-31(3)25(17-33)9-10-26-28-11-12-30(40)32(28,4)14-13-29(26)31/h5-8,22-23,25-26,28-29,41H,9-21H2,1-4H3/t22-,23+,25-,26-,28-,29-,31-,32-,33+/m0/s1.